The van der Waals surface area contributed by atoms with E-state index in [2.05, 4.69) is 0 Å². The SMILES string of the molecule is CCC=CC(=O)C(F)(F)F. The van der Waals surface area contributed by atoms with Crippen molar-refractivity contribution in [2.75, 3.05) is 0 Å². The van der Waals surface area contributed by atoms with Gasteiger partial charge in [-0.15, -0.1) is 0 Å². The average Bonchev–Trinajstić information content (AvgIpc) is 1.80. The lowest BCUT2D eigenvalue weighted by molar-refractivity contribution is -0.165. The third kappa shape index (κ3) is 3.27. The Bertz CT molecular complexity index is 146. The monoisotopic (exact) mass is 152 g/mol. The first-order valence-electron chi connectivity index (χ1n) is 2.76. The first kappa shape index (κ1) is 9.20. The molecule has 1 nitrogen and oxygen atoms in total. The summed E-state index contributed by atoms with van der Waals surface area (Å²) in [6.07, 6.45) is -2.57. The minimum Gasteiger partial charge on any atom is -0.285 e. The highest BCUT2D eigenvalue weighted by Crippen LogP contribution is 2.16. The number of halogens is 3. The van der Waals surface area contributed by atoms with E-state index in [1.54, 1.807) is 6.92 Å². The van der Waals surface area contributed by atoms with Crippen molar-refractivity contribution in [2.24, 2.45) is 0 Å². The second kappa shape index (κ2) is 3.39. The largest absolute Gasteiger partial charge is 0.454 e. The van der Waals surface area contributed by atoms with Gasteiger partial charge >= 0.3 is 6.18 Å². The summed E-state index contributed by atoms with van der Waals surface area (Å²) in [6, 6.07) is 0. The Morgan fingerprint density at radius 2 is 2.00 bits per heavy atom. The van der Waals surface area contributed by atoms with Crippen molar-refractivity contribution in [2.45, 2.75) is 19.5 Å². The zero-order valence-electron chi connectivity index (χ0n) is 5.40. The number of hydrogen-bond acceptors (Lipinski definition) is 1. The van der Waals surface area contributed by atoms with Crippen LogP contribution in [0.1, 0.15) is 13.3 Å². The van der Waals surface area contributed by atoms with Crippen LogP contribution in [-0.2, 0) is 4.79 Å². The quantitative estimate of drug-likeness (QED) is 0.553. The fourth-order valence-electron chi connectivity index (χ4n) is 0.319. The van der Waals surface area contributed by atoms with E-state index < -0.39 is 12.0 Å². The van der Waals surface area contributed by atoms with Crippen molar-refractivity contribution < 1.29 is 18.0 Å². The van der Waals surface area contributed by atoms with Gasteiger partial charge in [-0.2, -0.15) is 13.2 Å². The number of rotatable bonds is 2. The van der Waals surface area contributed by atoms with E-state index in [-0.39, 0.29) is 0 Å². The molecule has 0 atom stereocenters. The number of carbonyl (C=O) groups excluding carboxylic acids is 1. The lowest BCUT2D eigenvalue weighted by Crippen LogP contribution is -2.19. The maximum Gasteiger partial charge on any atom is 0.454 e. The van der Waals surface area contributed by atoms with Crippen LogP contribution < -0.4 is 0 Å². The zero-order valence-corrected chi connectivity index (χ0v) is 5.40. The Kier molecular flexibility index (Phi) is 3.12. The molecule has 0 radical (unpaired) electrons. The van der Waals surface area contributed by atoms with Gasteiger partial charge in [0.25, 0.3) is 5.78 Å². The molecule has 0 fully saturated rings. The van der Waals surface area contributed by atoms with Gasteiger partial charge in [-0.3, -0.25) is 4.79 Å². The Morgan fingerprint density at radius 3 is 2.30 bits per heavy atom. The summed E-state index contributed by atoms with van der Waals surface area (Å²) < 4.78 is 34.1. The third-order valence-corrected chi connectivity index (χ3v) is 0.784. The molecule has 0 aromatic rings. The molecule has 0 aliphatic carbocycles. The van der Waals surface area contributed by atoms with Crippen LogP contribution in [0.15, 0.2) is 12.2 Å². The molecule has 0 spiro atoms. The fraction of sp³-hybridized carbons (Fsp3) is 0.500. The van der Waals surface area contributed by atoms with Crippen molar-refractivity contribution >= 4 is 5.78 Å². The van der Waals surface area contributed by atoms with Crippen molar-refractivity contribution in [3.05, 3.63) is 12.2 Å². The fourth-order valence-corrected chi connectivity index (χ4v) is 0.319. The highest BCUT2D eigenvalue weighted by Gasteiger charge is 2.35. The molecule has 0 rings (SSSR count). The summed E-state index contributed by atoms with van der Waals surface area (Å²) in [6.45, 7) is 1.65. The van der Waals surface area contributed by atoms with Crippen LogP contribution >= 0.6 is 0 Å². The summed E-state index contributed by atoms with van der Waals surface area (Å²) in [7, 11) is 0. The van der Waals surface area contributed by atoms with Gasteiger partial charge in [-0.25, -0.2) is 0 Å². The summed E-state index contributed by atoms with van der Waals surface area (Å²) in [5.74, 6) is -1.80. The lowest BCUT2D eigenvalue weighted by atomic mass is 10.3. The van der Waals surface area contributed by atoms with E-state index in [1.165, 1.54) is 6.08 Å². The zero-order chi connectivity index (χ0) is 8.20. The van der Waals surface area contributed by atoms with Gasteiger partial charge in [0.15, 0.2) is 0 Å². The van der Waals surface area contributed by atoms with Crippen LogP contribution in [0, 0.1) is 0 Å². The number of alkyl halides is 3. The van der Waals surface area contributed by atoms with Gasteiger partial charge < -0.3 is 0 Å². The van der Waals surface area contributed by atoms with E-state index in [9.17, 15) is 18.0 Å². The molecule has 0 aromatic carbocycles. The van der Waals surface area contributed by atoms with Crippen molar-refractivity contribution in [1.82, 2.24) is 0 Å². The minimum absolute atomic E-state index is 0.432. The van der Waals surface area contributed by atoms with Crippen LogP contribution in [0.5, 0.6) is 0 Å². The Hall–Kier alpha value is -0.800. The topological polar surface area (TPSA) is 17.1 Å². The minimum atomic E-state index is -4.72. The second-order valence-electron chi connectivity index (χ2n) is 1.67. The summed E-state index contributed by atoms with van der Waals surface area (Å²) in [5.41, 5.74) is 0. The standard InChI is InChI=1S/C6H7F3O/c1-2-3-4-5(10)6(7,8)9/h3-4H,2H2,1H3. The maximum atomic E-state index is 11.4. The number of carbonyl (C=O) groups is 1. The molecule has 0 aromatic heterocycles. The van der Waals surface area contributed by atoms with Gasteiger partial charge in [-0.05, 0) is 12.5 Å². The molecule has 0 saturated carbocycles. The van der Waals surface area contributed by atoms with Crippen LogP contribution in [0.2, 0.25) is 0 Å². The molecule has 0 amide bonds. The smallest absolute Gasteiger partial charge is 0.285 e. The Morgan fingerprint density at radius 1 is 1.50 bits per heavy atom. The maximum absolute atomic E-state index is 11.4. The van der Waals surface area contributed by atoms with E-state index in [0.717, 1.165) is 0 Å². The number of ketones is 1. The average molecular weight is 152 g/mol. The van der Waals surface area contributed by atoms with Gasteiger partial charge in [0.1, 0.15) is 0 Å². The third-order valence-electron chi connectivity index (χ3n) is 0.784. The molecule has 58 valence electrons. The summed E-state index contributed by atoms with van der Waals surface area (Å²) >= 11 is 0. The highest BCUT2D eigenvalue weighted by atomic mass is 19.4. The van der Waals surface area contributed by atoms with E-state index >= 15 is 0 Å². The van der Waals surface area contributed by atoms with Gasteiger partial charge in [0.05, 0.1) is 0 Å². The first-order valence-corrected chi connectivity index (χ1v) is 2.76. The van der Waals surface area contributed by atoms with Crippen LogP contribution in [-0.4, -0.2) is 12.0 Å². The molecule has 10 heavy (non-hydrogen) atoms. The summed E-state index contributed by atoms with van der Waals surface area (Å²) in [4.78, 5) is 10.0. The normalized spacial score (nSPS) is 12.4. The predicted molar refractivity (Wildman–Crippen MR) is 30.5 cm³/mol. The van der Waals surface area contributed by atoms with E-state index in [0.29, 0.717) is 12.5 Å². The molecular weight excluding hydrogens is 145 g/mol. The molecular formula is C6H7F3O. The Labute approximate surface area is 56.5 Å². The molecule has 4 heteroatoms. The van der Waals surface area contributed by atoms with Gasteiger partial charge in [0.2, 0.25) is 0 Å². The lowest BCUT2D eigenvalue weighted by Gasteiger charge is -1.97. The molecule has 0 heterocycles. The van der Waals surface area contributed by atoms with E-state index in [1.807, 2.05) is 0 Å². The first-order chi connectivity index (χ1) is 4.48. The van der Waals surface area contributed by atoms with Gasteiger partial charge in [0, 0.05) is 0 Å². The molecule has 0 N–H and O–H groups in total. The highest BCUT2D eigenvalue weighted by molar-refractivity contribution is 5.94. The molecule has 0 saturated heterocycles. The summed E-state index contributed by atoms with van der Waals surface area (Å²) in [5, 5.41) is 0. The van der Waals surface area contributed by atoms with Crippen LogP contribution in [0.25, 0.3) is 0 Å². The second-order valence-corrected chi connectivity index (χ2v) is 1.67. The molecule has 0 bridgehead atoms. The number of allylic oxidation sites excluding steroid dienone is 2. The van der Waals surface area contributed by atoms with Crippen LogP contribution in [0.3, 0.4) is 0 Å². The van der Waals surface area contributed by atoms with Gasteiger partial charge in [-0.1, -0.05) is 13.0 Å². The van der Waals surface area contributed by atoms with E-state index in [4.69, 9.17) is 0 Å². The molecule has 0 aliphatic heterocycles. The number of hydrogen-bond donors (Lipinski definition) is 0. The van der Waals surface area contributed by atoms with Crippen molar-refractivity contribution in [1.29, 1.82) is 0 Å². The predicted octanol–water partition coefficient (Wildman–Crippen LogP) is 2.08. The van der Waals surface area contributed by atoms with Crippen molar-refractivity contribution in [3.63, 3.8) is 0 Å². The molecule has 0 unspecified atom stereocenters. The van der Waals surface area contributed by atoms with Crippen LogP contribution in [0.4, 0.5) is 13.2 Å². The Balaban J connectivity index is 3.98. The molecule has 0 aliphatic rings. The van der Waals surface area contributed by atoms with Crippen molar-refractivity contribution in [3.8, 4) is 0 Å².